The molecule has 2 nitrogen and oxygen atoms in total. The molecule has 0 aliphatic rings. The Morgan fingerprint density at radius 1 is 1.36 bits per heavy atom. The average molecular weight is 219 g/mol. The molecule has 0 aromatic rings. The molecule has 0 aliphatic carbocycles. The van der Waals surface area contributed by atoms with Crippen molar-refractivity contribution >= 4 is 28.6 Å². The molecule has 11 heavy (non-hydrogen) atoms. The lowest BCUT2D eigenvalue weighted by molar-refractivity contribution is 0.254. The van der Waals surface area contributed by atoms with Crippen LogP contribution in [0.1, 0.15) is 26.7 Å². The van der Waals surface area contributed by atoms with Crippen LogP contribution in [0.15, 0.2) is 0 Å². The number of hydrogen-bond donors (Lipinski definition) is 0. The summed E-state index contributed by atoms with van der Waals surface area (Å²) in [6.45, 7) is 4.48. The van der Waals surface area contributed by atoms with Gasteiger partial charge in [0.05, 0.1) is 6.61 Å². The topological polar surface area (TPSA) is 26.3 Å². The highest BCUT2D eigenvalue weighted by Crippen LogP contribution is 2.57. The zero-order valence-electron chi connectivity index (χ0n) is 6.72. The van der Waals surface area contributed by atoms with E-state index in [1.165, 1.54) is 0 Å². The van der Waals surface area contributed by atoms with Gasteiger partial charge in [0.2, 0.25) is 0 Å². The summed E-state index contributed by atoms with van der Waals surface area (Å²) in [5.41, 5.74) is 0. The Morgan fingerprint density at radius 2 is 1.82 bits per heavy atom. The number of hydrogen-bond acceptors (Lipinski definition) is 2. The summed E-state index contributed by atoms with van der Waals surface area (Å²) in [6.07, 6.45) is -1.32. The maximum atomic E-state index is 10.7. The highest BCUT2D eigenvalue weighted by molar-refractivity contribution is 8.05. The molecule has 0 N–H and O–H groups in total. The van der Waals surface area contributed by atoms with Gasteiger partial charge >= 0.3 is 6.07 Å². The van der Waals surface area contributed by atoms with E-state index in [0.29, 0.717) is 12.5 Å². The van der Waals surface area contributed by atoms with E-state index in [2.05, 4.69) is 0 Å². The number of rotatable bonds is 5. The summed E-state index contributed by atoms with van der Waals surface area (Å²) in [7, 11) is 0. The first-order valence-electron chi connectivity index (χ1n) is 3.63. The lowest BCUT2D eigenvalue weighted by Crippen LogP contribution is -2.04. The molecular weight excluding hydrogens is 206 g/mol. The van der Waals surface area contributed by atoms with Crippen molar-refractivity contribution in [2.75, 3.05) is 6.61 Å². The van der Waals surface area contributed by atoms with Crippen LogP contribution >= 0.6 is 28.6 Å². The van der Waals surface area contributed by atoms with Gasteiger partial charge in [-0.1, -0.05) is 26.7 Å². The van der Waals surface area contributed by atoms with Crippen LogP contribution in [0.2, 0.25) is 0 Å². The molecule has 0 radical (unpaired) electrons. The predicted octanol–water partition coefficient (Wildman–Crippen LogP) is 4.02. The molecular formula is C6H13Cl2O2P. The Balaban J connectivity index is 3.59. The average Bonchev–Trinajstić information content (AvgIpc) is 1.88. The SMILES string of the molecule is CCC(CC)COP(=O)(Cl)Cl. The van der Waals surface area contributed by atoms with E-state index in [-0.39, 0.29) is 0 Å². The minimum absolute atomic E-state index is 0.386. The third kappa shape index (κ3) is 7.14. The Labute approximate surface area is 77.2 Å². The normalized spacial score (nSPS) is 12.5. The van der Waals surface area contributed by atoms with E-state index >= 15 is 0 Å². The third-order valence-corrected chi connectivity index (χ3v) is 2.65. The van der Waals surface area contributed by atoms with Crippen LogP contribution in [-0.2, 0) is 9.09 Å². The van der Waals surface area contributed by atoms with E-state index in [9.17, 15) is 4.57 Å². The highest BCUT2D eigenvalue weighted by Gasteiger charge is 2.16. The minimum atomic E-state index is -3.30. The Kier molecular flexibility index (Phi) is 5.80. The lowest BCUT2D eigenvalue weighted by atomic mass is 10.1. The molecule has 0 heterocycles. The second-order valence-corrected chi connectivity index (χ2v) is 6.67. The van der Waals surface area contributed by atoms with Crippen molar-refractivity contribution in [3.8, 4) is 0 Å². The largest absolute Gasteiger partial charge is 0.380 e. The van der Waals surface area contributed by atoms with Crippen LogP contribution in [0.5, 0.6) is 0 Å². The fraction of sp³-hybridized carbons (Fsp3) is 1.00. The van der Waals surface area contributed by atoms with Crippen molar-refractivity contribution in [3.05, 3.63) is 0 Å². The molecule has 0 amide bonds. The van der Waals surface area contributed by atoms with Crippen molar-refractivity contribution < 1.29 is 9.09 Å². The van der Waals surface area contributed by atoms with E-state index < -0.39 is 6.07 Å². The molecule has 0 rings (SSSR count). The van der Waals surface area contributed by atoms with E-state index in [1.54, 1.807) is 0 Å². The Hall–Kier alpha value is 0.770. The van der Waals surface area contributed by atoms with E-state index in [4.69, 9.17) is 27.0 Å². The molecule has 0 saturated heterocycles. The Morgan fingerprint density at radius 3 is 2.09 bits per heavy atom. The molecule has 0 unspecified atom stereocenters. The molecule has 0 fully saturated rings. The molecule has 0 atom stereocenters. The Bertz CT molecular complexity index is 142. The van der Waals surface area contributed by atoms with Gasteiger partial charge in [-0.05, 0) is 28.4 Å². The molecule has 0 bridgehead atoms. The van der Waals surface area contributed by atoms with E-state index in [1.807, 2.05) is 13.8 Å². The molecule has 0 aromatic heterocycles. The summed E-state index contributed by atoms with van der Waals surface area (Å²) >= 11 is 10.4. The quantitative estimate of drug-likeness (QED) is 0.652. The van der Waals surface area contributed by atoms with Gasteiger partial charge in [0.15, 0.2) is 0 Å². The summed E-state index contributed by atoms with van der Waals surface area (Å²) < 4.78 is 15.4. The van der Waals surface area contributed by atoms with Gasteiger partial charge in [-0.15, -0.1) is 0 Å². The minimum Gasteiger partial charge on any atom is -0.306 e. The maximum absolute atomic E-state index is 10.7. The van der Waals surface area contributed by atoms with Gasteiger partial charge < -0.3 is 4.52 Å². The van der Waals surface area contributed by atoms with Gasteiger partial charge in [-0.2, -0.15) is 0 Å². The standard InChI is InChI=1S/C6H13Cl2O2P/c1-3-6(4-2)5-10-11(7,8)9/h6H,3-5H2,1-2H3. The second kappa shape index (κ2) is 5.42. The van der Waals surface area contributed by atoms with Crippen molar-refractivity contribution in [2.24, 2.45) is 5.92 Å². The van der Waals surface area contributed by atoms with Crippen LogP contribution < -0.4 is 0 Å². The molecule has 0 saturated carbocycles. The third-order valence-electron chi connectivity index (χ3n) is 1.62. The smallest absolute Gasteiger partial charge is 0.306 e. The molecule has 68 valence electrons. The number of halogens is 2. The van der Waals surface area contributed by atoms with Gasteiger partial charge in [-0.25, -0.2) is 0 Å². The lowest BCUT2D eigenvalue weighted by Gasteiger charge is -2.12. The van der Waals surface area contributed by atoms with Crippen molar-refractivity contribution in [2.45, 2.75) is 26.7 Å². The fourth-order valence-corrected chi connectivity index (χ4v) is 1.44. The molecule has 0 aliphatic heterocycles. The van der Waals surface area contributed by atoms with Crippen LogP contribution in [-0.4, -0.2) is 6.61 Å². The molecule has 0 spiro atoms. The first kappa shape index (κ1) is 11.8. The van der Waals surface area contributed by atoms with Crippen molar-refractivity contribution in [1.82, 2.24) is 0 Å². The van der Waals surface area contributed by atoms with Crippen LogP contribution in [0.25, 0.3) is 0 Å². The van der Waals surface area contributed by atoms with Crippen LogP contribution in [0.4, 0.5) is 0 Å². The summed E-state index contributed by atoms with van der Waals surface area (Å²) in [5, 5.41) is 0. The zero-order chi connectivity index (χ0) is 8.91. The van der Waals surface area contributed by atoms with Gasteiger partial charge in [0.1, 0.15) is 0 Å². The summed E-state index contributed by atoms with van der Waals surface area (Å²) in [5.74, 6) is 0.404. The first-order chi connectivity index (χ1) is 4.99. The van der Waals surface area contributed by atoms with Gasteiger partial charge in [0, 0.05) is 0 Å². The fourth-order valence-electron chi connectivity index (χ4n) is 0.717. The maximum Gasteiger partial charge on any atom is 0.380 e. The first-order valence-corrected chi connectivity index (χ1v) is 7.07. The van der Waals surface area contributed by atoms with Crippen molar-refractivity contribution in [3.63, 3.8) is 0 Å². The molecule has 0 aromatic carbocycles. The van der Waals surface area contributed by atoms with Gasteiger partial charge in [-0.3, -0.25) is 4.57 Å². The zero-order valence-corrected chi connectivity index (χ0v) is 9.12. The molecule has 5 heteroatoms. The summed E-state index contributed by atoms with van der Waals surface area (Å²) in [6, 6.07) is 0. The van der Waals surface area contributed by atoms with Crippen LogP contribution in [0.3, 0.4) is 0 Å². The highest BCUT2D eigenvalue weighted by atomic mass is 35.9. The summed E-state index contributed by atoms with van der Waals surface area (Å²) in [4.78, 5) is 0. The monoisotopic (exact) mass is 218 g/mol. The van der Waals surface area contributed by atoms with Gasteiger partial charge in [0.25, 0.3) is 0 Å². The van der Waals surface area contributed by atoms with E-state index in [0.717, 1.165) is 12.8 Å². The predicted molar refractivity (Wildman–Crippen MR) is 49.3 cm³/mol. The van der Waals surface area contributed by atoms with Crippen LogP contribution in [0, 0.1) is 5.92 Å². The second-order valence-electron chi connectivity index (χ2n) is 2.39. The van der Waals surface area contributed by atoms with Crippen molar-refractivity contribution in [1.29, 1.82) is 0 Å².